The van der Waals surface area contributed by atoms with Crippen molar-refractivity contribution in [3.8, 4) is 5.75 Å². The number of carbonyl (C=O) groups excluding carboxylic acids is 1. The Kier molecular flexibility index (Phi) is 3.42. The Balaban J connectivity index is 1.57. The van der Waals surface area contributed by atoms with Crippen molar-refractivity contribution in [2.75, 3.05) is 20.3 Å². The summed E-state index contributed by atoms with van der Waals surface area (Å²) in [5.74, 6) is 1.32. The van der Waals surface area contributed by atoms with E-state index < -0.39 is 0 Å². The zero-order valence-corrected chi connectivity index (χ0v) is 11.1. The molecule has 1 aliphatic heterocycles. The first-order valence-electron chi connectivity index (χ1n) is 6.79. The molecule has 1 aliphatic carbocycles. The molecule has 0 radical (unpaired) electrons. The third-order valence-electron chi connectivity index (χ3n) is 4.21. The molecule has 1 heterocycles. The van der Waals surface area contributed by atoms with Gasteiger partial charge in [-0.05, 0) is 25.0 Å². The number of likely N-dealkylation sites (tertiary alicyclic amines) is 1. The molecule has 2 aliphatic rings. The van der Waals surface area contributed by atoms with Gasteiger partial charge in [0.2, 0.25) is 0 Å². The van der Waals surface area contributed by atoms with Gasteiger partial charge in [0, 0.05) is 19.6 Å². The third kappa shape index (κ3) is 2.32. The van der Waals surface area contributed by atoms with Crippen LogP contribution in [0.2, 0.25) is 0 Å². The fourth-order valence-corrected chi connectivity index (χ4v) is 3.32. The Labute approximate surface area is 113 Å². The Morgan fingerprint density at radius 3 is 2.79 bits per heavy atom. The van der Waals surface area contributed by atoms with Crippen LogP contribution in [0.15, 0.2) is 30.3 Å². The monoisotopic (exact) mass is 261 g/mol. The van der Waals surface area contributed by atoms with Gasteiger partial charge < -0.3 is 14.4 Å². The van der Waals surface area contributed by atoms with Crippen LogP contribution in [0.1, 0.15) is 12.8 Å². The maximum atomic E-state index is 12.2. The predicted molar refractivity (Wildman–Crippen MR) is 71.0 cm³/mol. The van der Waals surface area contributed by atoms with Crippen molar-refractivity contribution >= 4 is 5.91 Å². The molecule has 4 nitrogen and oxygen atoms in total. The maximum absolute atomic E-state index is 12.2. The Hall–Kier alpha value is -1.55. The van der Waals surface area contributed by atoms with E-state index in [9.17, 15) is 4.79 Å². The zero-order valence-electron chi connectivity index (χ0n) is 11.1. The van der Waals surface area contributed by atoms with E-state index in [-0.39, 0.29) is 24.7 Å². The highest BCUT2D eigenvalue weighted by Gasteiger charge is 2.48. The summed E-state index contributed by atoms with van der Waals surface area (Å²) in [5, 5.41) is 0. The smallest absolute Gasteiger partial charge is 0.260 e. The van der Waals surface area contributed by atoms with Crippen LogP contribution in [-0.4, -0.2) is 43.2 Å². The Morgan fingerprint density at radius 1 is 1.32 bits per heavy atom. The van der Waals surface area contributed by atoms with Crippen LogP contribution in [0.4, 0.5) is 0 Å². The highest BCUT2D eigenvalue weighted by atomic mass is 16.5. The number of carbonyl (C=O) groups is 1. The van der Waals surface area contributed by atoms with Gasteiger partial charge in [0.25, 0.3) is 5.91 Å². The molecule has 1 saturated carbocycles. The molecule has 2 fully saturated rings. The average Bonchev–Trinajstić information content (AvgIpc) is 3.02. The molecule has 1 amide bonds. The van der Waals surface area contributed by atoms with Crippen molar-refractivity contribution in [2.24, 2.45) is 5.92 Å². The van der Waals surface area contributed by atoms with Crippen LogP contribution in [0, 0.1) is 5.92 Å². The minimum atomic E-state index is 0.0677. The van der Waals surface area contributed by atoms with E-state index in [1.807, 2.05) is 35.2 Å². The van der Waals surface area contributed by atoms with E-state index in [1.54, 1.807) is 7.11 Å². The summed E-state index contributed by atoms with van der Waals surface area (Å²) in [4.78, 5) is 14.2. The molecule has 1 aromatic carbocycles. The van der Waals surface area contributed by atoms with Crippen LogP contribution in [0.3, 0.4) is 0 Å². The van der Waals surface area contributed by atoms with E-state index in [2.05, 4.69) is 0 Å². The predicted octanol–water partition coefficient (Wildman–Crippen LogP) is 1.70. The first-order chi connectivity index (χ1) is 9.29. The van der Waals surface area contributed by atoms with E-state index in [0.717, 1.165) is 18.7 Å². The van der Waals surface area contributed by atoms with Gasteiger partial charge in [0.1, 0.15) is 5.75 Å². The SMILES string of the molecule is CO[C@H]1[C@H]2CC[C@H]1N(C(=O)COc1ccccc1)C2. The van der Waals surface area contributed by atoms with E-state index >= 15 is 0 Å². The van der Waals surface area contributed by atoms with E-state index in [1.165, 1.54) is 6.42 Å². The van der Waals surface area contributed by atoms with Crippen molar-refractivity contribution < 1.29 is 14.3 Å². The van der Waals surface area contributed by atoms with Gasteiger partial charge in [0.15, 0.2) is 6.61 Å². The molecule has 3 rings (SSSR count). The average molecular weight is 261 g/mol. The summed E-state index contributed by atoms with van der Waals surface area (Å²) in [6, 6.07) is 9.71. The summed E-state index contributed by atoms with van der Waals surface area (Å²) in [7, 11) is 1.74. The van der Waals surface area contributed by atoms with Crippen molar-refractivity contribution in [1.82, 2.24) is 4.90 Å². The first-order valence-corrected chi connectivity index (χ1v) is 6.79. The number of ether oxygens (including phenoxy) is 2. The second-order valence-corrected chi connectivity index (χ2v) is 5.25. The lowest BCUT2D eigenvalue weighted by Gasteiger charge is -2.27. The molecule has 0 unspecified atom stereocenters. The number of methoxy groups -OCH3 is 1. The van der Waals surface area contributed by atoms with Crippen LogP contribution in [0.25, 0.3) is 0 Å². The summed E-state index contributed by atoms with van der Waals surface area (Å²) in [5.41, 5.74) is 0. The molecular formula is C15H19NO3. The topological polar surface area (TPSA) is 38.8 Å². The molecule has 19 heavy (non-hydrogen) atoms. The van der Waals surface area contributed by atoms with Crippen molar-refractivity contribution in [1.29, 1.82) is 0 Å². The molecular weight excluding hydrogens is 242 g/mol. The highest BCUT2D eigenvalue weighted by Crippen LogP contribution is 2.39. The second kappa shape index (κ2) is 5.21. The molecule has 2 bridgehead atoms. The number of rotatable bonds is 4. The van der Waals surface area contributed by atoms with Gasteiger partial charge in [-0.1, -0.05) is 18.2 Å². The van der Waals surface area contributed by atoms with E-state index in [4.69, 9.17) is 9.47 Å². The number of amides is 1. The minimum absolute atomic E-state index is 0.0677. The second-order valence-electron chi connectivity index (χ2n) is 5.25. The van der Waals surface area contributed by atoms with Gasteiger partial charge in [-0.25, -0.2) is 0 Å². The molecule has 0 N–H and O–H groups in total. The lowest BCUT2D eigenvalue weighted by atomic mass is 10.1. The summed E-state index contributed by atoms with van der Waals surface area (Å²) >= 11 is 0. The summed E-state index contributed by atoms with van der Waals surface area (Å²) < 4.78 is 11.0. The minimum Gasteiger partial charge on any atom is -0.484 e. The summed E-state index contributed by atoms with van der Waals surface area (Å²) in [6.45, 7) is 0.934. The Morgan fingerprint density at radius 2 is 2.11 bits per heavy atom. The number of fused-ring (bicyclic) bond motifs is 2. The largest absolute Gasteiger partial charge is 0.484 e. The first kappa shape index (κ1) is 12.5. The number of benzene rings is 1. The number of para-hydroxylation sites is 1. The van der Waals surface area contributed by atoms with Crippen LogP contribution in [0.5, 0.6) is 5.75 Å². The third-order valence-corrected chi connectivity index (χ3v) is 4.21. The summed E-state index contributed by atoms with van der Waals surface area (Å²) in [6.07, 6.45) is 2.45. The van der Waals surface area contributed by atoms with E-state index in [0.29, 0.717) is 5.92 Å². The quantitative estimate of drug-likeness (QED) is 0.828. The van der Waals surface area contributed by atoms with Crippen molar-refractivity contribution in [2.45, 2.75) is 25.0 Å². The highest BCUT2D eigenvalue weighted by molar-refractivity contribution is 5.78. The molecule has 3 atom stereocenters. The lowest BCUT2D eigenvalue weighted by Crippen LogP contribution is -2.42. The molecule has 1 saturated heterocycles. The van der Waals surface area contributed by atoms with Crippen molar-refractivity contribution in [3.05, 3.63) is 30.3 Å². The molecule has 102 valence electrons. The Bertz CT molecular complexity index is 448. The van der Waals surface area contributed by atoms with Gasteiger partial charge >= 0.3 is 0 Å². The zero-order chi connectivity index (χ0) is 13.2. The molecule has 0 spiro atoms. The maximum Gasteiger partial charge on any atom is 0.260 e. The number of hydrogen-bond donors (Lipinski definition) is 0. The standard InChI is InChI=1S/C15H19NO3/c1-18-15-11-7-8-13(15)16(9-11)14(17)10-19-12-5-3-2-4-6-12/h2-6,11,13,15H,7-10H2,1H3/t11-,13+,15-/m0/s1. The number of piperidine rings is 1. The normalized spacial score (nSPS) is 28.7. The van der Waals surface area contributed by atoms with Crippen LogP contribution >= 0.6 is 0 Å². The van der Waals surface area contributed by atoms with Crippen molar-refractivity contribution in [3.63, 3.8) is 0 Å². The number of hydrogen-bond acceptors (Lipinski definition) is 3. The van der Waals surface area contributed by atoms with Crippen LogP contribution in [-0.2, 0) is 9.53 Å². The molecule has 0 aromatic heterocycles. The lowest BCUT2D eigenvalue weighted by molar-refractivity contribution is -0.135. The van der Waals surface area contributed by atoms with Gasteiger partial charge in [0.05, 0.1) is 12.1 Å². The fraction of sp³-hybridized carbons (Fsp3) is 0.533. The van der Waals surface area contributed by atoms with Gasteiger partial charge in [-0.2, -0.15) is 0 Å². The number of nitrogens with zero attached hydrogens (tertiary/aromatic N) is 1. The van der Waals surface area contributed by atoms with Gasteiger partial charge in [-0.15, -0.1) is 0 Å². The van der Waals surface area contributed by atoms with Crippen LogP contribution < -0.4 is 4.74 Å². The molecule has 4 heteroatoms. The molecule has 1 aromatic rings. The fourth-order valence-electron chi connectivity index (χ4n) is 3.32. The van der Waals surface area contributed by atoms with Gasteiger partial charge in [-0.3, -0.25) is 4.79 Å².